The number of hydrogen-bond acceptors (Lipinski definition) is 4. The summed E-state index contributed by atoms with van der Waals surface area (Å²) in [4.78, 5) is 14.7. The van der Waals surface area contributed by atoms with Crippen LogP contribution in [0.25, 0.3) is 67.2 Å². The Kier molecular flexibility index (Phi) is 6.39. The fourth-order valence-corrected chi connectivity index (χ4v) is 6.01. The number of furan rings is 1. The number of hydrogen-bond donors (Lipinski definition) is 0. The van der Waals surface area contributed by atoms with Crippen LogP contribution in [0, 0.1) is 0 Å². The van der Waals surface area contributed by atoms with Crippen molar-refractivity contribution in [2.45, 2.75) is 0 Å². The van der Waals surface area contributed by atoms with E-state index in [1.165, 1.54) is 38.4 Å². The smallest absolute Gasteiger partial charge is 0.164 e. The molecule has 9 heteroatoms. The lowest BCUT2D eigenvalue weighted by atomic mass is 9.59. The van der Waals surface area contributed by atoms with Gasteiger partial charge >= 0.3 is 0 Å². The molecule has 0 radical (unpaired) electrons. The second-order valence-corrected chi connectivity index (χ2v) is 11.0. The minimum Gasteiger partial charge on any atom is -0.456 e. The van der Waals surface area contributed by atoms with Gasteiger partial charge in [0.1, 0.15) is 50.4 Å². The Hall–Kier alpha value is -4.77. The third kappa shape index (κ3) is 4.28. The molecule has 4 nitrogen and oxygen atoms in total. The molecule has 0 aliphatic heterocycles. The van der Waals surface area contributed by atoms with Gasteiger partial charge in [0.25, 0.3) is 0 Å². The van der Waals surface area contributed by atoms with Crippen LogP contribution >= 0.6 is 0 Å². The minimum atomic E-state index is 0.613. The largest absolute Gasteiger partial charge is 0.456 e. The first-order valence-corrected chi connectivity index (χ1v) is 14.3. The summed E-state index contributed by atoms with van der Waals surface area (Å²) in [5.41, 5.74) is 13.7. The summed E-state index contributed by atoms with van der Waals surface area (Å²) in [6.45, 7) is 0. The van der Waals surface area contributed by atoms with Gasteiger partial charge in [0.15, 0.2) is 17.5 Å². The highest BCUT2D eigenvalue weighted by Crippen LogP contribution is 2.37. The third-order valence-corrected chi connectivity index (χ3v) is 8.72. The SMILES string of the molecule is Bc1c(B)c(B)c(-c2cccc3oc4cc(-c5nc(-c6ccccc6)nc(-c6ccccc6)n5)ccc4c23)c(B)c1B. The predicted octanol–water partition coefficient (Wildman–Crippen LogP) is -0.269. The molecule has 2 heterocycles. The molecule has 0 N–H and O–H groups in total. The summed E-state index contributed by atoms with van der Waals surface area (Å²) in [5, 5.41) is 2.22. The van der Waals surface area contributed by atoms with Gasteiger partial charge in [-0.05, 0) is 29.3 Å². The van der Waals surface area contributed by atoms with E-state index in [-0.39, 0.29) is 0 Å². The molecular weight excluding hydrogens is 508 g/mol. The summed E-state index contributed by atoms with van der Waals surface area (Å²) in [5.74, 6) is 1.90. The molecule has 0 saturated heterocycles. The van der Waals surface area contributed by atoms with Gasteiger partial charge < -0.3 is 4.42 Å². The zero-order valence-electron chi connectivity index (χ0n) is 24.5. The van der Waals surface area contributed by atoms with Crippen LogP contribution in [-0.2, 0) is 0 Å². The lowest BCUT2D eigenvalue weighted by molar-refractivity contribution is 0.669. The summed E-state index contributed by atoms with van der Waals surface area (Å²) in [6, 6.07) is 32.8. The highest BCUT2D eigenvalue weighted by Gasteiger charge is 2.19. The van der Waals surface area contributed by atoms with Gasteiger partial charge in [0.2, 0.25) is 0 Å². The Bertz CT molecular complexity index is 2060. The van der Waals surface area contributed by atoms with Crippen molar-refractivity contribution in [3.8, 4) is 45.3 Å². The summed E-state index contributed by atoms with van der Waals surface area (Å²) in [6.07, 6.45) is 0. The van der Waals surface area contributed by atoms with Gasteiger partial charge in [-0.15, -0.1) is 16.4 Å². The standard InChI is InChI=1S/C33H26B5N3O/c34-26-25(27(35)29(37)30(38)28(26)36)21-12-7-13-22-24(21)20-15-14-19(16-23(20)42-22)33-40-31(17-8-3-1-4-9-17)39-32(41-33)18-10-5-2-6-11-18/h1-16H,34-38H2. The molecule has 0 aliphatic rings. The summed E-state index contributed by atoms with van der Waals surface area (Å²) < 4.78 is 6.50. The van der Waals surface area contributed by atoms with E-state index >= 15 is 0 Å². The van der Waals surface area contributed by atoms with Crippen molar-refractivity contribution in [1.29, 1.82) is 0 Å². The molecular formula is C33H26B5N3O. The number of fused-ring (bicyclic) bond motifs is 3. The van der Waals surface area contributed by atoms with Crippen LogP contribution in [0.4, 0.5) is 0 Å². The maximum atomic E-state index is 6.50. The second-order valence-electron chi connectivity index (χ2n) is 11.0. The van der Waals surface area contributed by atoms with E-state index in [4.69, 9.17) is 19.4 Å². The van der Waals surface area contributed by atoms with E-state index in [1.54, 1.807) is 0 Å². The van der Waals surface area contributed by atoms with E-state index in [9.17, 15) is 0 Å². The Morgan fingerprint density at radius 1 is 0.452 bits per heavy atom. The van der Waals surface area contributed by atoms with E-state index in [2.05, 4.69) is 75.6 Å². The molecule has 0 amide bonds. The predicted molar refractivity (Wildman–Crippen MR) is 190 cm³/mol. The maximum absolute atomic E-state index is 6.50. The molecule has 2 aromatic heterocycles. The minimum absolute atomic E-state index is 0.613. The van der Waals surface area contributed by atoms with Crippen molar-refractivity contribution in [3.05, 3.63) is 97.1 Å². The average Bonchev–Trinajstić information content (AvgIpc) is 3.42. The fourth-order valence-electron chi connectivity index (χ4n) is 6.01. The van der Waals surface area contributed by atoms with Crippen LogP contribution in [0.2, 0.25) is 0 Å². The van der Waals surface area contributed by atoms with Crippen LogP contribution in [0.1, 0.15) is 0 Å². The van der Waals surface area contributed by atoms with Crippen molar-refractivity contribution < 1.29 is 4.42 Å². The second kappa shape index (κ2) is 10.3. The number of rotatable bonds is 4. The third-order valence-electron chi connectivity index (χ3n) is 8.72. The quantitative estimate of drug-likeness (QED) is 0.292. The molecule has 7 rings (SSSR count). The lowest BCUT2D eigenvalue weighted by Crippen LogP contribution is -2.55. The highest BCUT2D eigenvalue weighted by atomic mass is 16.3. The lowest BCUT2D eigenvalue weighted by Gasteiger charge is -2.21. The fraction of sp³-hybridized carbons (Fsp3) is 0. The molecule has 0 fully saturated rings. The topological polar surface area (TPSA) is 51.8 Å². The first-order valence-electron chi connectivity index (χ1n) is 14.3. The first kappa shape index (κ1) is 26.2. The van der Waals surface area contributed by atoms with Crippen LogP contribution in [0.15, 0.2) is 101 Å². The molecule has 0 unspecified atom stereocenters. The zero-order chi connectivity index (χ0) is 29.0. The van der Waals surface area contributed by atoms with Gasteiger partial charge in [-0.25, -0.2) is 15.0 Å². The number of aromatic nitrogens is 3. The van der Waals surface area contributed by atoms with E-state index in [0.29, 0.717) is 17.5 Å². The van der Waals surface area contributed by atoms with E-state index in [0.717, 1.165) is 38.6 Å². The first-order chi connectivity index (χ1) is 20.4. The zero-order valence-corrected chi connectivity index (χ0v) is 24.5. The van der Waals surface area contributed by atoms with Crippen molar-refractivity contribution in [2.24, 2.45) is 0 Å². The summed E-state index contributed by atoms with van der Waals surface area (Å²) >= 11 is 0. The monoisotopic (exact) mass is 535 g/mol. The molecule has 5 aromatic carbocycles. The normalized spacial score (nSPS) is 11.3. The Morgan fingerprint density at radius 3 is 1.55 bits per heavy atom. The molecule has 0 bridgehead atoms. The van der Waals surface area contributed by atoms with Gasteiger partial charge in [-0.2, -0.15) is 0 Å². The highest BCUT2D eigenvalue weighted by molar-refractivity contribution is 6.68. The molecule has 7 aromatic rings. The van der Waals surface area contributed by atoms with Crippen molar-refractivity contribution in [3.63, 3.8) is 0 Å². The maximum Gasteiger partial charge on any atom is 0.164 e. The van der Waals surface area contributed by atoms with Crippen LogP contribution in [-0.4, -0.2) is 54.2 Å². The van der Waals surface area contributed by atoms with Crippen molar-refractivity contribution in [1.82, 2.24) is 15.0 Å². The Balaban J connectivity index is 1.43. The molecule has 0 saturated carbocycles. The van der Waals surface area contributed by atoms with Gasteiger partial charge in [0.05, 0.1) is 0 Å². The van der Waals surface area contributed by atoms with Crippen LogP contribution in [0.3, 0.4) is 0 Å². The molecule has 42 heavy (non-hydrogen) atoms. The Morgan fingerprint density at radius 2 is 0.976 bits per heavy atom. The number of benzene rings is 5. The van der Waals surface area contributed by atoms with E-state index < -0.39 is 0 Å². The van der Waals surface area contributed by atoms with E-state index in [1.807, 2.05) is 60.7 Å². The van der Waals surface area contributed by atoms with Crippen molar-refractivity contribution in [2.75, 3.05) is 0 Å². The van der Waals surface area contributed by atoms with Gasteiger partial charge in [-0.3, -0.25) is 0 Å². The summed E-state index contributed by atoms with van der Waals surface area (Å²) in [7, 11) is 11.1. The van der Waals surface area contributed by atoms with Crippen molar-refractivity contribution >= 4 is 88.5 Å². The number of nitrogens with zero attached hydrogens (tertiary/aromatic N) is 3. The van der Waals surface area contributed by atoms with Crippen LogP contribution < -0.4 is 27.3 Å². The average molecular weight is 535 g/mol. The molecule has 0 atom stereocenters. The molecule has 0 aliphatic carbocycles. The van der Waals surface area contributed by atoms with Crippen LogP contribution in [0.5, 0.6) is 0 Å². The Labute approximate surface area is 249 Å². The van der Waals surface area contributed by atoms with Gasteiger partial charge in [0, 0.05) is 27.5 Å². The molecule has 0 spiro atoms. The van der Waals surface area contributed by atoms with Gasteiger partial charge in [-0.1, -0.05) is 89.8 Å². The molecule has 194 valence electrons.